The summed E-state index contributed by atoms with van der Waals surface area (Å²) in [6.07, 6.45) is 1.85. The number of hydrogen-bond donors (Lipinski definition) is 2. The first-order valence-electron chi connectivity index (χ1n) is 7.22. The second kappa shape index (κ2) is 7.21. The third-order valence-electron chi connectivity index (χ3n) is 3.15. The van der Waals surface area contributed by atoms with E-state index in [-0.39, 0.29) is 10.8 Å². The topological polar surface area (TPSA) is 81.3 Å². The Morgan fingerprint density at radius 2 is 1.91 bits per heavy atom. The van der Waals surface area contributed by atoms with Crippen LogP contribution in [-0.2, 0) is 27.8 Å². The highest BCUT2D eigenvalue weighted by Crippen LogP contribution is 2.25. The molecule has 2 atom stereocenters. The molecule has 126 valence electrons. The van der Waals surface area contributed by atoms with E-state index in [1.165, 1.54) is 0 Å². The van der Waals surface area contributed by atoms with Crippen molar-refractivity contribution in [3.63, 3.8) is 0 Å². The van der Waals surface area contributed by atoms with Gasteiger partial charge in [0.05, 0.1) is 18.0 Å². The maximum Gasteiger partial charge on any atom is 0.229 e. The minimum Gasteiger partial charge on any atom is -0.598 e. The van der Waals surface area contributed by atoms with Crippen molar-refractivity contribution in [2.75, 3.05) is 11.0 Å². The van der Waals surface area contributed by atoms with Gasteiger partial charge in [-0.25, -0.2) is 8.42 Å². The zero-order valence-corrected chi connectivity index (χ0v) is 15.7. The Bertz CT molecular complexity index is 610. The normalized spacial score (nSPS) is 15.4. The summed E-state index contributed by atoms with van der Waals surface area (Å²) >= 11 is -1.16. The molecule has 5 nitrogen and oxygen atoms in total. The maximum absolute atomic E-state index is 12.2. The third kappa shape index (κ3) is 5.79. The summed E-state index contributed by atoms with van der Waals surface area (Å²) in [6, 6.07) is 5.47. The first kappa shape index (κ1) is 19.3. The standard InChI is InChI=1S/C15H26N2O3S2/c1-7-12-10-13(8-9-14(12)17-22(6,19)20)11(2)16-21(18)15(3,4)5/h8-11,16-17H,7H2,1-6H3/t11-,21?/m1/s1. The van der Waals surface area contributed by atoms with Gasteiger partial charge in [-0.3, -0.25) is 4.72 Å². The van der Waals surface area contributed by atoms with E-state index in [0.29, 0.717) is 12.1 Å². The highest BCUT2D eigenvalue weighted by Gasteiger charge is 2.28. The van der Waals surface area contributed by atoms with Gasteiger partial charge in [0.25, 0.3) is 0 Å². The van der Waals surface area contributed by atoms with Gasteiger partial charge in [-0.05, 0) is 51.3 Å². The Hall–Kier alpha value is -0.760. The molecule has 1 rings (SSSR count). The van der Waals surface area contributed by atoms with Gasteiger partial charge in [0.15, 0.2) is 0 Å². The van der Waals surface area contributed by atoms with E-state index in [1.54, 1.807) is 6.07 Å². The van der Waals surface area contributed by atoms with Crippen molar-refractivity contribution in [2.24, 2.45) is 0 Å². The van der Waals surface area contributed by atoms with Crippen LogP contribution in [0.15, 0.2) is 18.2 Å². The molecule has 1 aromatic carbocycles. The number of benzene rings is 1. The van der Waals surface area contributed by atoms with Crippen LogP contribution in [0.4, 0.5) is 5.69 Å². The van der Waals surface area contributed by atoms with Gasteiger partial charge in [0.2, 0.25) is 10.0 Å². The molecule has 0 aliphatic carbocycles. The van der Waals surface area contributed by atoms with E-state index in [4.69, 9.17) is 0 Å². The van der Waals surface area contributed by atoms with Crippen LogP contribution >= 0.6 is 0 Å². The number of hydrogen-bond acceptors (Lipinski definition) is 4. The fraction of sp³-hybridized carbons (Fsp3) is 0.600. The summed E-state index contributed by atoms with van der Waals surface area (Å²) in [7, 11) is -3.30. The number of anilines is 1. The fourth-order valence-electron chi connectivity index (χ4n) is 1.88. The second-order valence-corrected chi connectivity index (χ2v) is 10.1. The maximum atomic E-state index is 12.2. The van der Waals surface area contributed by atoms with Crippen molar-refractivity contribution < 1.29 is 13.0 Å². The van der Waals surface area contributed by atoms with E-state index in [9.17, 15) is 13.0 Å². The monoisotopic (exact) mass is 346 g/mol. The van der Waals surface area contributed by atoms with Gasteiger partial charge in [-0.1, -0.05) is 19.1 Å². The SMILES string of the molecule is CCc1cc([C@@H](C)N[S+]([O-])C(C)(C)C)ccc1NS(C)(=O)=O. The Kier molecular flexibility index (Phi) is 6.32. The van der Waals surface area contributed by atoms with Crippen LogP contribution in [0.1, 0.15) is 51.8 Å². The molecule has 0 aliphatic heterocycles. The van der Waals surface area contributed by atoms with Gasteiger partial charge >= 0.3 is 0 Å². The van der Waals surface area contributed by atoms with Gasteiger partial charge in [-0.15, -0.1) is 4.72 Å². The van der Waals surface area contributed by atoms with E-state index in [0.717, 1.165) is 17.4 Å². The molecule has 0 saturated carbocycles. The van der Waals surface area contributed by atoms with Crippen molar-refractivity contribution >= 4 is 27.1 Å². The second-order valence-electron chi connectivity index (χ2n) is 6.37. The minimum absolute atomic E-state index is 0.0855. The lowest BCUT2D eigenvalue weighted by atomic mass is 10.0. The molecule has 1 aromatic rings. The molecule has 0 spiro atoms. The minimum atomic E-state index is -3.30. The van der Waals surface area contributed by atoms with Crippen LogP contribution in [0, 0.1) is 0 Å². The molecular formula is C15H26N2O3S2. The van der Waals surface area contributed by atoms with Crippen LogP contribution < -0.4 is 9.44 Å². The van der Waals surface area contributed by atoms with Crippen molar-refractivity contribution in [2.45, 2.75) is 51.8 Å². The van der Waals surface area contributed by atoms with Crippen LogP contribution in [0.5, 0.6) is 0 Å². The predicted molar refractivity (Wildman–Crippen MR) is 93.7 cm³/mol. The number of sulfonamides is 1. The summed E-state index contributed by atoms with van der Waals surface area (Å²) in [6.45, 7) is 9.67. The lowest BCUT2D eigenvalue weighted by molar-refractivity contribution is 0.531. The Morgan fingerprint density at radius 1 is 1.32 bits per heavy atom. The lowest BCUT2D eigenvalue weighted by Crippen LogP contribution is -2.40. The highest BCUT2D eigenvalue weighted by atomic mass is 32.2. The third-order valence-corrected chi connectivity index (χ3v) is 5.42. The van der Waals surface area contributed by atoms with Crippen LogP contribution in [0.2, 0.25) is 0 Å². The molecule has 0 radical (unpaired) electrons. The zero-order valence-electron chi connectivity index (χ0n) is 14.1. The van der Waals surface area contributed by atoms with Crippen LogP contribution in [0.3, 0.4) is 0 Å². The molecule has 22 heavy (non-hydrogen) atoms. The average Bonchev–Trinajstić information content (AvgIpc) is 2.36. The Balaban J connectivity index is 2.98. The van der Waals surface area contributed by atoms with Gasteiger partial charge in [-0.2, -0.15) is 0 Å². The summed E-state index contributed by atoms with van der Waals surface area (Å²) < 4.78 is 40.2. The lowest BCUT2D eigenvalue weighted by Gasteiger charge is -2.27. The molecular weight excluding hydrogens is 320 g/mol. The summed E-state index contributed by atoms with van der Waals surface area (Å²) in [5, 5.41) is 0. The van der Waals surface area contributed by atoms with Crippen LogP contribution in [-0.4, -0.2) is 24.0 Å². The summed E-state index contributed by atoms with van der Waals surface area (Å²) in [5.41, 5.74) is 2.49. The Labute approximate surface area is 137 Å². The van der Waals surface area contributed by atoms with Crippen molar-refractivity contribution in [1.82, 2.24) is 4.72 Å². The first-order valence-corrected chi connectivity index (χ1v) is 10.3. The molecule has 0 heterocycles. The molecule has 1 unspecified atom stereocenters. The van der Waals surface area contributed by atoms with Gasteiger partial charge < -0.3 is 4.55 Å². The Morgan fingerprint density at radius 3 is 2.36 bits per heavy atom. The number of nitrogens with one attached hydrogen (secondary N) is 2. The molecule has 0 aliphatic rings. The summed E-state index contributed by atoms with van der Waals surface area (Å²) in [4.78, 5) is 0. The zero-order chi connectivity index (χ0) is 17.1. The average molecular weight is 347 g/mol. The van der Waals surface area contributed by atoms with Crippen LogP contribution in [0.25, 0.3) is 0 Å². The van der Waals surface area contributed by atoms with Gasteiger partial charge in [0.1, 0.15) is 4.75 Å². The molecule has 0 bridgehead atoms. The number of rotatable bonds is 6. The fourth-order valence-corrected chi connectivity index (χ4v) is 3.29. The molecule has 7 heteroatoms. The van der Waals surface area contributed by atoms with E-state index < -0.39 is 21.4 Å². The quantitative estimate of drug-likeness (QED) is 0.776. The molecule has 2 N–H and O–H groups in total. The predicted octanol–water partition coefficient (Wildman–Crippen LogP) is 2.73. The van der Waals surface area contributed by atoms with Crippen molar-refractivity contribution in [3.05, 3.63) is 29.3 Å². The van der Waals surface area contributed by atoms with E-state index in [2.05, 4.69) is 9.44 Å². The number of aryl methyl sites for hydroxylation is 1. The molecule has 0 saturated heterocycles. The van der Waals surface area contributed by atoms with E-state index >= 15 is 0 Å². The van der Waals surface area contributed by atoms with Crippen molar-refractivity contribution in [1.29, 1.82) is 0 Å². The smallest absolute Gasteiger partial charge is 0.229 e. The van der Waals surface area contributed by atoms with Crippen molar-refractivity contribution in [3.8, 4) is 0 Å². The van der Waals surface area contributed by atoms with Gasteiger partial charge in [0, 0.05) is 11.4 Å². The summed E-state index contributed by atoms with van der Waals surface area (Å²) in [5.74, 6) is 0. The largest absolute Gasteiger partial charge is 0.598 e. The molecule has 0 amide bonds. The first-order chi connectivity index (χ1) is 9.94. The molecule has 0 fully saturated rings. The highest BCUT2D eigenvalue weighted by molar-refractivity contribution is 7.92. The van der Waals surface area contributed by atoms with E-state index in [1.807, 2.05) is 46.8 Å². The molecule has 0 aromatic heterocycles.